The molecule has 0 spiro atoms. The maximum absolute atomic E-state index is 11.7. The summed E-state index contributed by atoms with van der Waals surface area (Å²) >= 11 is 0.978. The van der Waals surface area contributed by atoms with Gasteiger partial charge in [0.15, 0.2) is 0 Å². The number of rotatable bonds is 3. The molecule has 1 fully saturated rings. The molecule has 0 aliphatic carbocycles. The van der Waals surface area contributed by atoms with Gasteiger partial charge in [-0.25, -0.2) is 4.98 Å². The van der Waals surface area contributed by atoms with Gasteiger partial charge in [-0.15, -0.1) is 0 Å². The van der Waals surface area contributed by atoms with Gasteiger partial charge in [0.25, 0.3) is 0 Å². The fraction of sp³-hybridized carbons (Fsp3) is 0.273. The minimum Gasteiger partial charge on any atom is -0.545 e. The van der Waals surface area contributed by atoms with Crippen molar-refractivity contribution in [1.82, 2.24) is 9.88 Å². The highest BCUT2D eigenvalue weighted by atomic mass is 32.2. The van der Waals surface area contributed by atoms with Crippen LogP contribution in [-0.4, -0.2) is 40.0 Å². The van der Waals surface area contributed by atoms with E-state index in [1.807, 2.05) is 0 Å². The lowest BCUT2D eigenvalue weighted by Crippen LogP contribution is -2.27. The van der Waals surface area contributed by atoms with E-state index in [-0.39, 0.29) is 28.8 Å². The van der Waals surface area contributed by atoms with Crippen LogP contribution in [-0.2, 0) is 9.59 Å². The van der Waals surface area contributed by atoms with Crippen molar-refractivity contribution in [3.63, 3.8) is 0 Å². The molecule has 2 rings (SSSR count). The van der Waals surface area contributed by atoms with Crippen LogP contribution in [0.5, 0.6) is 0 Å². The highest BCUT2D eigenvalue weighted by Crippen LogP contribution is 2.31. The van der Waals surface area contributed by atoms with E-state index in [0.717, 1.165) is 16.7 Å². The fourth-order valence-corrected chi connectivity index (χ4v) is 2.74. The number of amides is 2. The molecule has 1 saturated heterocycles. The van der Waals surface area contributed by atoms with Gasteiger partial charge in [-0.3, -0.25) is 14.5 Å². The molecule has 0 aromatic carbocycles. The molecule has 0 saturated carbocycles. The molecule has 2 amide bonds. The van der Waals surface area contributed by atoms with E-state index in [4.69, 9.17) is 0 Å². The Bertz CT molecular complexity index is 532. The molecule has 7 heteroatoms. The summed E-state index contributed by atoms with van der Waals surface area (Å²) in [4.78, 5) is 38.9. The minimum absolute atomic E-state index is 0.0586. The summed E-state index contributed by atoms with van der Waals surface area (Å²) in [7, 11) is 1.41. The molecular weight excluding hydrogens is 256 g/mol. The van der Waals surface area contributed by atoms with Crippen molar-refractivity contribution in [2.45, 2.75) is 16.7 Å². The van der Waals surface area contributed by atoms with E-state index in [9.17, 15) is 19.5 Å². The first kappa shape index (κ1) is 12.6. The Balaban J connectivity index is 2.23. The summed E-state index contributed by atoms with van der Waals surface area (Å²) in [5, 5.41) is 10.5. The number of carboxylic acids is 1. The molecule has 1 aliphatic heterocycles. The van der Waals surface area contributed by atoms with Crippen molar-refractivity contribution < 1.29 is 19.5 Å². The third-order valence-electron chi connectivity index (χ3n) is 2.59. The second kappa shape index (κ2) is 4.77. The number of thioether (sulfide) groups is 1. The smallest absolute Gasteiger partial charge is 0.242 e. The Kier molecular flexibility index (Phi) is 3.33. The Labute approximate surface area is 107 Å². The second-order valence-electron chi connectivity index (χ2n) is 3.75. The third kappa shape index (κ3) is 2.21. The Hall–Kier alpha value is -1.89. The number of hydrogen-bond donors (Lipinski definition) is 0. The molecule has 1 atom stereocenters. The maximum Gasteiger partial charge on any atom is 0.242 e. The van der Waals surface area contributed by atoms with Gasteiger partial charge in [-0.05, 0) is 12.1 Å². The zero-order valence-corrected chi connectivity index (χ0v) is 10.3. The molecule has 1 aliphatic rings. The average molecular weight is 265 g/mol. The van der Waals surface area contributed by atoms with Gasteiger partial charge in [-0.2, -0.15) is 0 Å². The van der Waals surface area contributed by atoms with E-state index in [0.29, 0.717) is 0 Å². The van der Waals surface area contributed by atoms with Crippen LogP contribution in [0, 0.1) is 0 Å². The number of likely N-dealkylation sites (tertiary alicyclic amines) is 1. The number of carboxylic acid groups (broad SMARTS) is 1. The fourth-order valence-electron chi connectivity index (χ4n) is 1.59. The molecule has 18 heavy (non-hydrogen) atoms. The minimum atomic E-state index is -1.35. The molecule has 0 radical (unpaired) electrons. The van der Waals surface area contributed by atoms with Crippen LogP contribution in [0.15, 0.2) is 23.4 Å². The van der Waals surface area contributed by atoms with Crippen molar-refractivity contribution in [3.05, 3.63) is 23.9 Å². The summed E-state index contributed by atoms with van der Waals surface area (Å²) in [5.74, 6) is -1.96. The van der Waals surface area contributed by atoms with Crippen LogP contribution in [0.4, 0.5) is 0 Å². The summed E-state index contributed by atoms with van der Waals surface area (Å²) in [6, 6.07) is 2.83. The number of imide groups is 1. The highest BCUT2D eigenvalue weighted by Gasteiger charge is 2.37. The largest absolute Gasteiger partial charge is 0.545 e. The lowest BCUT2D eigenvalue weighted by Gasteiger charge is -2.11. The summed E-state index contributed by atoms with van der Waals surface area (Å²) in [6.45, 7) is 0. The zero-order chi connectivity index (χ0) is 13.3. The first-order chi connectivity index (χ1) is 8.50. The summed E-state index contributed by atoms with van der Waals surface area (Å²) in [5.41, 5.74) is -0.0719. The average Bonchev–Trinajstić information content (AvgIpc) is 2.57. The topological polar surface area (TPSA) is 90.4 Å². The number of hydrogen-bond acceptors (Lipinski definition) is 6. The SMILES string of the molecule is CN1C(=O)C[C@H](Sc2ncccc2C(=O)[O-])C1=O. The van der Waals surface area contributed by atoms with E-state index < -0.39 is 11.2 Å². The first-order valence-electron chi connectivity index (χ1n) is 5.14. The van der Waals surface area contributed by atoms with Crippen LogP contribution < -0.4 is 5.11 Å². The van der Waals surface area contributed by atoms with E-state index in [1.165, 1.54) is 25.4 Å². The molecule has 1 aromatic heterocycles. The van der Waals surface area contributed by atoms with Crippen molar-refractivity contribution in [3.8, 4) is 0 Å². The number of nitrogens with zero attached hydrogens (tertiary/aromatic N) is 2. The number of aromatic nitrogens is 1. The molecule has 0 unspecified atom stereocenters. The second-order valence-corrected chi connectivity index (χ2v) is 4.94. The maximum atomic E-state index is 11.7. The van der Waals surface area contributed by atoms with Gasteiger partial charge in [-0.1, -0.05) is 11.8 Å². The van der Waals surface area contributed by atoms with Gasteiger partial charge >= 0.3 is 0 Å². The summed E-state index contributed by atoms with van der Waals surface area (Å²) < 4.78 is 0. The predicted octanol–water partition coefficient (Wildman–Crippen LogP) is -0.706. The van der Waals surface area contributed by atoms with Crippen molar-refractivity contribution >= 4 is 29.5 Å². The normalized spacial score (nSPS) is 19.4. The molecular formula is C11H9N2O4S-. The Morgan fingerprint density at radius 1 is 1.56 bits per heavy atom. The zero-order valence-electron chi connectivity index (χ0n) is 9.45. The monoisotopic (exact) mass is 265 g/mol. The number of carbonyl (C=O) groups excluding carboxylic acids is 3. The van der Waals surface area contributed by atoms with Crippen molar-refractivity contribution in [2.75, 3.05) is 7.05 Å². The van der Waals surface area contributed by atoms with Gasteiger partial charge in [0, 0.05) is 25.2 Å². The van der Waals surface area contributed by atoms with Gasteiger partial charge in [0.05, 0.1) is 11.2 Å². The molecule has 6 nitrogen and oxygen atoms in total. The first-order valence-corrected chi connectivity index (χ1v) is 6.02. The predicted molar refractivity (Wildman–Crippen MR) is 60.6 cm³/mol. The van der Waals surface area contributed by atoms with Crippen LogP contribution >= 0.6 is 11.8 Å². The molecule has 0 N–H and O–H groups in total. The molecule has 1 aromatic rings. The van der Waals surface area contributed by atoms with Crippen LogP contribution in [0.2, 0.25) is 0 Å². The van der Waals surface area contributed by atoms with Crippen LogP contribution in [0.1, 0.15) is 16.8 Å². The Morgan fingerprint density at radius 2 is 2.28 bits per heavy atom. The third-order valence-corrected chi connectivity index (χ3v) is 3.79. The molecule has 0 bridgehead atoms. The van der Waals surface area contributed by atoms with E-state index in [1.54, 1.807) is 0 Å². The Morgan fingerprint density at radius 3 is 2.83 bits per heavy atom. The number of carbonyl (C=O) groups is 3. The standard InChI is InChI=1S/C11H10N2O4S/c1-13-8(14)5-7(10(13)15)18-9-6(11(16)17)3-2-4-12-9/h2-4,7H,5H2,1H3,(H,16,17)/p-1/t7-/m0/s1. The number of aromatic carboxylic acids is 1. The highest BCUT2D eigenvalue weighted by molar-refractivity contribution is 8.00. The van der Waals surface area contributed by atoms with Gasteiger partial charge in [0.2, 0.25) is 11.8 Å². The van der Waals surface area contributed by atoms with Crippen molar-refractivity contribution in [2.24, 2.45) is 0 Å². The van der Waals surface area contributed by atoms with Gasteiger partial charge in [0.1, 0.15) is 5.03 Å². The van der Waals surface area contributed by atoms with Crippen LogP contribution in [0.25, 0.3) is 0 Å². The van der Waals surface area contributed by atoms with Gasteiger partial charge < -0.3 is 9.90 Å². The summed E-state index contributed by atoms with van der Waals surface area (Å²) in [6.07, 6.45) is 1.49. The van der Waals surface area contributed by atoms with Crippen LogP contribution in [0.3, 0.4) is 0 Å². The lowest BCUT2D eigenvalue weighted by atomic mass is 10.3. The van der Waals surface area contributed by atoms with E-state index >= 15 is 0 Å². The molecule has 94 valence electrons. The van der Waals surface area contributed by atoms with Crippen molar-refractivity contribution in [1.29, 1.82) is 0 Å². The quantitative estimate of drug-likeness (QED) is 0.671. The van der Waals surface area contributed by atoms with E-state index in [2.05, 4.69) is 4.98 Å². The lowest BCUT2D eigenvalue weighted by molar-refractivity contribution is -0.255. The molecule has 2 heterocycles. The number of pyridine rings is 1.